The molecule has 0 aliphatic heterocycles. The fraction of sp³-hybridized carbons (Fsp3) is 0.115. The quantitative estimate of drug-likeness (QED) is 0.379. The number of hydrogen-bond donors (Lipinski definition) is 1. The Kier molecular flexibility index (Phi) is 3.09. The Bertz CT molecular complexity index is 1440. The number of para-hydroxylation sites is 1. The van der Waals surface area contributed by atoms with Crippen molar-refractivity contribution in [2.24, 2.45) is 0 Å². The molecule has 3 nitrogen and oxygen atoms in total. The lowest BCUT2D eigenvalue weighted by Crippen LogP contribution is -2.15. The van der Waals surface area contributed by atoms with Crippen LogP contribution in [0.25, 0.3) is 38.8 Å². The number of aromatic hydroxyl groups is 1. The molecule has 0 radical (unpaired) electrons. The summed E-state index contributed by atoms with van der Waals surface area (Å²) in [6, 6.07) is 24.7. The number of pyridine rings is 1. The smallest absolute Gasteiger partial charge is 0.137 e. The molecule has 0 saturated heterocycles. The van der Waals surface area contributed by atoms with Gasteiger partial charge in [0.1, 0.15) is 11.6 Å². The van der Waals surface area contributed by atoms with E-state index in [-0.39, 0.29) is 11.2 Å². The maximum atomic E-state index is 10.1. The SMILES string of the molecule is CC1(C)c2ccccc2-c2cnc(-n3c4ccccc4c4ccc(O)cc43)cc21. The maximum absolute atomic E-state index is 10.1. The summed E-state index contributed by atoms with van der Waals surface area (Å²) in [5.41, 5.74) is 7.08. The highest BCUT2D eigenvalue weighted by Gasteiger charge is 2.35. The number of phenolic OH excluding ortho intramolecular Hbond substituents is 1. The number of nitrogens with zero attached hydrogens (tertiary/aromatic N) is 2. The van der Waals surface area contributed by atoms with Crippen molar-refractivity contribution in [2.75, 3.05) is 0 Å². The van der Waals surface area contributed by atoms with Crippen molar-refractivity contribution < 1.29 is 5.11 Å². The average Bonchev–Trinajstić information content (AvgIpc) is 3.17. The van der Waals surface area contributed by atoms with Crippen molar-refractivity contribution in [1.29, 1.82) is 0 Å². The Hall–Kier alpha value is -3.59. The Labute approximate surface area is 168 Å². The van der Waals surface area contributed by atoms with Crippen molar-refractivity contribution in [3.8, 4) is 22.7 Å². The average molecular weight is 376 g/mol. The van der Waals surface area contributed by atoms with Gasteiger partial charge in [-0.05, 0) is 41.0 Å². The van der Waals surface area contributed by atoms with E-state index in [1.807, 2.05) is 24.4 Å². The van der Waals surface area contributed by atoms with E-state index in [2.05, 4.69) is 66.9 Å². The van der Waals surface area contributed by atoms with Crippen LogP contribution < -0.4 is 0 Å². The van der Waals surface area contributed by atoms with Gasteiger partial charge in [-0.3, -0.25) is 4.57 Å². The first-order valence-corrected chi connectivity index (χ1v) is 9.88. The van der Waals surface area contributed by atoms with Gasteiger partial charge in [-0.25, -0.2) is 4.98 Å². The van der Waals surface area contributed by atoms with Crippen LogP contribution in [0.15, 0.2) is 79.0 Å². The molecule has 5 aromatic rings. The van der Waals surface area contributed by atoms with Crippen LogP contribution in [0.4, 0.5) is 0 Å². The highest BCUT2D eigenvalue weighted by atomic mass is 16.3. The summed E-state index contributed by atoms with van der Waals surface area (Å²) in [5, 5.41) is 12.4. The zero-order chi connectivity index (χ0) is 19.8. The van der Waals surface area contributed by atoms with Crippen LogP contribution in [0.3, 0.4) is 0 Å². The Balaban J connectivity index is 1.68. The van der Waals surface area contributed by atoms with E-state index < -0.39 is 0 Å². The van der Waals surface area contributed by atoms with Crippen LogP contribution in [0, 0.1) is 0 Å². The fourth-order valence-electron chi connectivity index (χ4n) is 4.91. The summed E-state index contributed by atoms with van der Waals surface area (Å²) < 4.78 is 2.16. The van der Waals surface area contributed by atoms with Gasteiger partial charge >= 0.3 is 0 Å². The van der Waals surface area contributed by atoms with Crippen molar-refractivity contribution in [3.05, 3.63) is 90.1 Å². The lowest BCUT2D eigenvalue weighted by Gasteiger charge is -2.22. The molecule has 0 atom stereocenters. The monoisotopic (exact) mass is 376 g/mol. The molecule has 3 heteroatoms. The van der Waals surface area contributed by atoms with Gasteiger partial charge in [0.15, 0.2) is 0 Å². The summed E-state index contributed by atoms with van der Waals surface area (Å²) in [6.07, 6.45) is 2.00. The first kappa shape index (κ1) is 16.4. The maximum Gasteiger partial charge on any atom is 0.137 e. The topological polar surface area (TPSA) is 38.0 Å². The molecule has 0 spiro atoms. The minimum Gasteiger partial charge on any atom is -0.508 e. The second-order valence-electron chi connectivity index (χ2n) is 8.31. The van der Waals surface area contributed by atoms with Crippen molar-refractivity contribution in [3.63, 3.8) is 0 Å². The van der Waals surface area contributed by atoms with E-state index in [0.717, 1.165) is 27.6 Å². The first-order chi connectivity index (χ1) is 14.1. The summed E-state index contributed by atoms with van der Waals surface area (Å²) in [5.74, 6) is 1.14. The molecule has 0 fully saturated rings. The molecule has 2 heterocycles. The molecular weight excluding hydrogens is 356 g/mol. The van der Waals surface area contributed by atoms with Gasteiger partial charge in [-0.2, -0.15) is 0 Å². The van der Waals surface area contributed by atoms with Crippen molar-refractivity contribution >= 4 is 21.8 Å². The highest BCUT2D eigenvalue weighted by Crippen LogP contribution is 2.48. The van der Waals surface area contributed by atoms with Crippen molar-refractivity contribution in [2.45, 2.75) is 19.3 Å². The fourth-order valence-corrected chi connectivity index (χ4v) is 4.91. The van der Waals surface area contributed by atoms with Gasteiger partial charge in [-0.15, -0.1) is 0 Å². The summed E-state index contributed by atoms with van der Waals surface area (Å²) in [4.78, 5) is 4.87. The highest BCUT2D eigenvalue weighted by molar-refractivity contribution is 6.09. The predicted molar refractivity (Wildman–Crippen MR) is 118 cm³/mol. The predicted octanol–water partition coefficient (Wildman–Crippen LogP) is 6.19. The van der Waals surface area contributed by atoms with Gasteiger partial charge in [0.05, 0.1) is 11.0 Å². The summed E-state index contributed by atoms with van der Waals surface area (Å²) in [7, 11) is 0. The third kappa shape index (κ3) is 2.10. The van der Waals surface area contributed by atoms with E-state index in [0.29, 0.717) is 0 Å². The van der Waals surface area contributed by atoms with E-state index >= 15 is 0 Å². The molecule has 0 amide bonds. The number of benzene rings is 3. The van der Waals surface area contributed by atoms with Crippen LogP contribution in [0.2, 0.25) is 0 Å². The van der Waals surface area contributed by atoms with Crippen molar-refractivity contribution in [1.82, 2.24) is 9.55 Å². The Morgan fingerprint density at radius 1 is 0.759 bits per heavy atom. The largest absolute Gasteiger partial charge is 0.508 e. The standard InChI is InChI=1S/C26H20N2O/c1-26(2)21-9-5-3-7-17(21)20-15-27-25(14-22(20)26)28-23-10-6-4-8-18(23)19-12-11-16(29)13-24(19)28/h3-15,29H,1-2H3. The molecule has 1 N–H and O–H groups in total. The van der Waals surface area contributed by atoms with Crippen LogP contribution >= 0.6 is 0 Å². The van der Waals surface area contributed by atoms with Crippen LogP contribution in [0.1, 0.15) is 25.0 Å². The number of fused-ring (bicyclic) bond motifs is 6. The third-order valence-electron chi connectivity index (χ3n) is 6.34. The summed E-state index contributed by atoms with van der Waals surface area (Å²) >= 11 is 0. The van der Waals surface area contributed by atoms with E-state index in [1.54, 1.807) is 6.07 Å². The number of rotatable bonds is 1. The minimum atomic E-state index is -0.0789. The Morgan fingerprint density at radius 3 is 2.41 bits per heavy atom. The van der Waals surface area contributed by atoms with Gasteiger partial charge in [0, 0.05) is 34.0 Å². The second kappa shape index (κ2) is 5.48. The lowest BCUT2D eigenvalue weighted by atomic mass is 9.83. The van der Waals surface area contributed by atoms with Gasteiger partial charge in [-0.1, -0.05) is 56.3 Å². The van der Waals surface area contributed by atoms with Crippen LogP contribution in [0.5, 0.6) is 5.75 Å². The van der Waals surface area contributed by atoms with Gasteiger partial charge in [0.2, 0.25) is 0 Å². The molecular formula is C26H20N2O. The van der Waals surface area contributed by atoms with E-state index in [4.69, 9.17) is 4.98 Å². The lowest BCUT2D eigenvalue weighted by molar-refractivity contribution is 0.476. The zero-order valence-corrected chi connectivity index (χ0v) is 16.3. The molecule has 0 bridgehead atoms. The second-order valence-corrected chi connectivity index (χ2v) is 8.31. The van der Waals surface area contributed by atoms with E-state index in [9.17, 15) is 5.11 Å². The molecule has 140 valence electrons. The molecule has 0 unspecified atom stereocenters. The van der Waals surface area contributed by atoms with Crippen LogP contribution in [-0.2, 0) is 5.41 Å². The van der Waals surface area contributed by atoms with Gasteiger partial charge < -0.3 is 5.11 Å². The van der Waals surface area contributed by atoms with Crippen LogP contribution in [-0.4, -0.2) is 14.7 Å². The number of phenols is 1. The first-order valence-electron chi connectivity index (χ1n) is 9.88. The van der Waals surface area contributed by atoms with Gasteiger partial charge in [0.25, 0.3) is 0 Å². The molecule has 0 saturated carbocycles. The summed E-state index contributed by atoms with van der Waals surface area (Å²) in [6.45, 7) is 4.55. The van der Waals surface area contributed by atoms with E-state index in [1.165, 1.54) is 22.3 Å². The molecule has 1 aliphatic carbocycles. The minimum absolute atomic E-state index is 0.0789. The third-order valence-corrected chi connectivity index (χ3v) is 6.34. The normalized spacial score (nSPS) is 14.3. The Morgan fingerprint density at radius 2 is 1.52 bits per heavy atom. The molecule has 1 aliphatic rings. The molecule has 3 aromatic carbocycles. The molecule has 6 rings (SSSR count). The number of aromatic nitrogens is 2. The number of hydrogen-bond acceptors (Lipinski definition) is 2. The zero-order valence-electron chi connectivity index (χ0n) is 16.3. The molecule has 2 aromatic heterocycles. The molecule has 29 heavy (non-hydrogen) atoms.